The summed E-state index contributed by atoms with van der Waals surface area (Å²) in [7, 11) is 0. The quantitative estimate of drug-likeness (QED) is 0.535. The van der Waals surface area contributed by atoms with Crippen LogP contribution in [0.15, 0.2) is 12.3 Å². The van der Waals surface area contributed by atoms with Gasteiger partial charge in [-0.15, -0.1) is 0 Å². The molecule has 0 spiro atoms. The van der Waals surface area contributed by atoms with E-state index in [-0.39, 0.29) is 0 Å². The molecule has 1 fully saturated rings. The molecule has 0 saturated heterocycles. The molecule has 0 aromatic rings. The first-order valence-corrected chi connectivity index (χ1v) is 4.39. The first-order valence-electron chi connectivity index (χ1n) is 4.39. The molecule has 1 heteroatoms. The molecule has 1 nitrogen and oxygen atoms in total. The summed E-state index contributed by atoms with van der Waals surface area (Å²) in [5.74, 6) is 0. The van der Waals surface area contributed by atoms with Gasteiger partial charge in [0, 0.05) is 12.6 Å². The lowest BCUT2D eigenvalue weighted by molar-refractivity contribution is 0.301. The zero-order chi connectivity index (χ0) is 6.81. The van der Waals surface area contributed by atoms with Crippen molar-refractivity contribution in [3.8, 4) is 0 Å². The summed E-state index contributed by atoms with van der Waals surface area (Å²) in [5, 5.41) is 0. The number of hydrogen-bond donors (Lipinski definition) is 0. The van der Waals surface area contributed by atoms with Gasteiger partial charge in [0.1, 0.15) is 0 Å². The van der Waals surface area contributed by atoms with E-state index in [1.165, 1.54) is 38.6 Å². The van der Waals surface area contributed by atoms with Crippen molar-refractivity contribution < 1.29 is 0 Å². The van der Waals surface area contributed by atoms with Crippen LogP contribution in [0.3, 0.4) is 0 Å². The Kier molecular flexibility index (Phi) is 1.66. The lowest BCUT2D eigenvalue weighted by Crippen LogP contribution is -2.25. The summed E-state index contributed by atoms with van der Waals surface area (Å²) < 4.78 is 0. The molecule has 0 amide bonds. The van der Waals surface area contributed by atoms with Crippen LogP contribution >= 0.6 is 0 Å². The second-order valence-corrected chi connectivity index (χ2v) is 3.35. The van der Waals surface area contributed by atoms with Crippen molar-refractivity contribution in [3.05, 3.63) is 12.3 Å². The van der Waals surface area contributed by atoms with E-state index in [4.69, 9.17) is 0 Å². The van der Waals surface area contributed by atoms with E-state index in [2.05, 4.69) is 17.2 Å². The van der Waals surface area contributed by atoms with Crippen molar-refractivity contribution in [3.63, 3.8) is 0 Å². The fourth-order valence-corrected chi connectivity index (χ4v) is 2.05. The molecule has 0 bridgehead atoms. The average molecular weight is 137 g/mol. The monoisotopic (exact) mass is 137 g/mol. The summed E-state index contributed by atoms with van der Waals surface area (Å²) in [5.41, 5.74) is 0. The Morgan fingerprint density at radius 1 is 1.20 bits per heavy atom. The standard InChI is InChI=1S/C9H15N/c1-2-6-9(5-1)10-7-3-4-8-10/h3,7,9H,1-2,4-6,8H2. The van der Waals surface area contributed by atoms with E-state index in [1.807, 2.05) is 0 Å². The number of hydrogen-bond acceptors (Lipinski definition) is 1. The van der Waals surface area contributed by atoms with Crippen LogP contribution in [0.2, 0.25) is 0 Å². The highest BCUT2D eigenvalue weighted by Crippen LogP contribution is 2.25. The van der Waals surface area contributed by atoms with E-state index in [0.717, 1.165) is 6.04 Å². The Bertz CT molecular complexity index is 134. The molecule has 0 atom stereocenters. The molecule has 2 rings (SSSR count). The van der Waals surface area contributed by atoms with Crippen LogP contribution in [0, 0.1) is 0 Å². The molecule has 56 valence electrons. The van der Waals surface area contributed by atoms with Crippen LogP contribution < -0.4 is 0 Å². The van der Waals surface area contributed by atoms with Gasteiger partial charge in [-0.3, -0.25) is 0 Å². The van der Waals surface area contributed by atoms with Gasteiger partial charge in [0.2, 0.25) is 0 Å². The highest BCUT2D eigenvalue weighted by molar-refractivity contribution is 4.95. The maximum Gasteiger partial charge on any atom is 0.0284 e. The molecular weight excluding hydrogens is 122 g/mol. The Morgan fingerprint density at radius 3 is 2.60 bits per heavy atom. The van der Waals surface area contributed by atoms with E-state index < -0.39 is 0 Å². The minimum Gasteiger partial charge on any atom is -0.374 e. The lowest BCUT2D eigenvalue weighted by atomic mass is 10.2. The Balaban J connectivity index is 1.91. The molecule has 1 heterocycles. The third kappa shape index (κ3) is 1.05. The molecule has 0 radical (unpaired) electrons. The van der Waals surface area contributed by atoms with E-state index in [0.29, 0.717) is 0 Å². The third-order valence-electron chi connectivity index (χ3n) is 2.64. The third-order valence-corrected chi connectivity index (χ3v) is 2.64. The Hall–Kier alpha value is -0.460. The molecular formula is C9H15N. The van der Waals surface area contributed by atoms with Crippen molar-refractivity contribution in [2.24, 2.45) is 0 Å². The van der Waals surface area contributed by atoms with Crippen LogP contribution in [-0.4, -0.2) is 17.5 Å². The first kappa shape index (κ1) is 6.26. The zero-order valence-corrected chi connectivity index (χ0v) is 6.42. The van der Waals surface area contributed by atoms with Gasteiger partial charge in [0.05, 0.1) is 0 Å². The molecule has 0 aromatic heterocycles. The van der Waals surface area contributed by atoms with Crippen LogP contribution in [-0.2, 0) is 0 Å². The van der Waals surface area contributed by atoms with Gasteiger partial charge in [-0.25, -0.2) is 0 Å². The SMILES string of the molecule is C1=CN(C2CCCC2)CC1. The minimum atomic E-state index is 0.902. The predicted octanol–water partition coefficient (Wildman–Crippen LogP) is 2.15. The van der Waals surface area contributed by atoms with Crippen molar-refractivity contribution in [2.75, 3.05) is 6.54 Å². The predicted molar refractivity (Wildman–Crippen MR) is 42.7 cm³/mol. The van der Waals surface area contributed by atoms with Crippen molar-refractivity contribution in [2.45, 2.75) is 38.1 Å². The largest absolute Gasteiger partial charge is 0.374 e. The summed E-state index contributed by atoms with van der Waals surface area (Å²) in [6, 6.07) is 0.902. The fraction of sp³-hybridized carbons (Fsp3) is 0.778. The van der Waals surface area contributed by atoms with Crippen LogP contribution in [0.25, 0.3) is 0 Å². The molecule has 1 aliphatic heterocycles. The van der Waals surface area contributed by atoms with Crippen molar-refractivity contribution in [1.29, 1.82) is 0 Å². The Morgan fingerprint density at radius 2 is 2.00 bits per heavy atom. The van der Waals surface area contributed by atoms with Gasteiger partial charge < -0.3 is 4.90 Å². The van der Waals surface area contributed by atoms with Gasteiger partial charge in [-0.05, 0) is 25.5 Å². The normalized spacial score (nSPS) is 26.6. The maximum absolute atomic E-state index is 2.52. The zero-order valence-electron chi connectivity index (χ0n) is 6.42. The number of rotatable bonds is 1. The van der Waals surface area contributed by atoms with Crippen LogP contribution in [0.1, 0.15) is 32.1 Å². The lowest BCUT2D eigenvalue weighted by Gasteiger charge is -2.22. The summed E-state index contributed by atoms with van der Waals surface area (Å²) >= 11 is 0. The smallest absolute Gasteiger partial charge is 0.0284 e. The fourth-order valence-electron chi connectivity index (χ4n) is 2.05. The molecule has 1 saturated carbocycles. The average Bonchev–Trinajstić information content (AvgIpc) is 2.59. The summed E-state index contributed by atoms with van der Waals surface area (Å²) in [6.45, 7) is 1.28. The maximum atomic E-state index is 2.52. The summed E-state index contributed by atoms with van der Waals surface area (Å²) in [6.07, 6.45) is 11.6. The van der Waals surface area contributed by atoms with Gasteiger partial charge in [-0.1, -0.05) is 18.9 Å². The molecule has 1 aliphatic carbocycles. The van der Waals surface area contributed by atoms with Gasteiger partial charge in [0.15, 0.2) is 0 Å². The van der Waals surface area contributed by atoms with Crippen molar-refractivity contribution in [1.82, 2.24) is 4.90 Å². The van der Waals surface area contributed by atoms with Gasteiger partial charge in [-0.2, -0.15) is 0 Å². The molecule has 0 unspecified atom stereocenters. The van der Waals surface area contributed by atoms with Gasteiger partial charge in [0.25, 0.3) is 0 Å². The summed E-state index contributed by atoms with van der Waals surface area (Å²) in [4.78, 5) is 2.52. The molecule has 0 N–H and O–H groups in total. The minimum absolute atomic E-state index is 0.902. The number of nitrogens with zero attached hydrogens (tertiary/aromatic N) is 1. The second-order valence-electron chi connectivity index (χ2n) is 3.35. The topological polar surface area (TPSA) is 3.24 Å². The van der Waals surface area contributed by atoms with E-state index in [1.54, 1.807) is 0 Å². The van der Waals surface area contributed by atoms with Crippen LogP contribution in [0.4, 0.5) is 0 Å². The molecule has 10 heavy (non-hydrogen) atoms. The highest BCUT2D eigenvalue weighted by atomic mass is 15.1. The van der Waals surface area contributed by atoms with E-state index >= 15 is 0 Å². The van der Waals surface area contributed by atoms with Crippen LogP contribution in [0.5, 0.6) is 0 Å². The highest BCUT2D eigenvalue weighted by Gasteiger charge is 2.20. The molecule has 2 aliphatic rings. The van der Waals surface area contributed by atoms with Crippen molar-refractivity contribution >= 4 is 0 Å². The first-order chi connectivity index (χ1) is 4.97. The Labute approximate surface area is 62.7 Å². The van der Waals surface area contributed by atoms with E-state index in [9.17, 15) is 0 Å². The van der Waals surface area contributed by atoms with Gasteiger partial charge >= 0.3 is 0 Å². The second kappa shape index (κ2) is 2.65. The molecule has 0 aromatic carbocycles.